The third-order valence-corrected chi connectivity index (χ3v) is 5.77. The van der Waals surface area contributed by atoms with Gasteiger partial charge in [0, 0.05) is 12.1 Å². The number of anilines is 1. The van der Waals surface area contributed by atoms with E-state index >= 15 is 0 Å². The first-order valence-electron chi connectivity index (χ1n) is 9.10. The Kier molecular flexibility index (Phi) is 6.58. The molecule has 156 valence electrons. The topological polar surface area (TPSA) is 93.7 Å². The van der Waals surface area contributed by atoms with Crippen LogP contribution >= 0.6 is 0 Å². The highest BCUT2D eigenvalue weighted by Crippen LogP contribution is 2.26. The van der Waals surface area contributed by atoms with Crippen molar-refractivity contribution in [3.8, 4) is 11.5 Å². The Labute approximate surface area is 175 Å². The minimum absolute atomic E-state index is 0.0418. The molecule has 2 N–H and O–H groups in total. The number of ether oxygens (including phenoxy) is 2. The zero-order valence-electron chi connectivity index (χ0n) is 16.6. The lowest BCUT2D eigenvalue weighted by Crippen LogP contribution is -2.23. The van der Waals surface area contributed by atoms with Gasteiger partial charge in [0.25, 0.3) is 15.9 Å². The van der Waals surface area contributed by atoms with Gasteiger partial charge >= 0.3 is 0 Å². The molecule has 0 aromatic heterocycles. The van der Waals surface area contributed by atoms with Gasteiger partial charge in [0.2, 0.25) is 0 Å². The molecule has 0 saturated carbocycles. The average Bonchev–Trinajstić information content (AvgIpc) is 2.78. The molecule has 0 fully saturated rings. The fourth-order valence-electron chi connectivity index (χ4n) is 2.75. The monoisotopic (exact) mass is 426 g/mol. The third-order valence-electron chi connectivity index (χ3n) is 4.39. The van der Waals surface area contributed by atoms with Gasteiger partial charge in [-0.1, -0.05) is 24.3 Å². The summed E-state index contributed by atoms with van der Waals surface area (Å²) in [5, 5.41) is 2.80. The lowest BCUT2D eigenvalue weighted by molar-refractivity contribution is 0.0951. The highest BCUT2D eigenvalue weighted by Gasteiger charge is 2.17. The fraction of sp³-hybridized carbons (Fsp3) is 0.136. The summed E-state index contributed by atoms with van der Waals surface area (Å²) < 4.78 is 38.0. The van der Waals surface area contributed by atoms with Crippen molar-refractivity contribution in [1.82, 2.24) is 5.32 Å². The molecular weight excluding hydrogens is 404 g/mol. The van der Waals surface area contributed by atoms with Gasteiger partial charge in [-0.05, 0) is 54.1 Å². The number of hydrogen-bond donors (Lipinski definition) is 2. The van der Waals surface area contributed by atoms with E-state index in [0.29, 0.717) is 23.5 Å². The largest absolute Gasteiger partial charge is 0.497 e. The molecule has 30 heavy (non-hydrogen) atoms. The maximum atomic E-state index is 12.6. The Morgan fingerprint density at radius 2 is 1.53 bits per heavy atom. The molecular formula is C22H22N2O5S. The van der Waals surface area contributed by atoms with E-state index in [1.165, 1.54) is 31.4 Å². The van der Waals surface area contributed by atoms with Crippen LogP contribution in [0.25, 0.3) is 0 Å². The number of amides is 1. The van der Waals surface area contributed by atoms with Gasteiger partial charge in [0.05, 0.1) is 24.8 Å². The van der Waals surface area contributed by atoms with Gasteiger partial charge in [-0.25, -0.2) is 8.42 Å². The molecule has 0 aliphatic heterocycles. The second-order valence-corrected chi connectivity index (χ2v) is 8.04. The lowest BCUT2D eigenvalue weighted by Gasteiger charge is -2.12. The van der Waals surface area contributed by atoms with Crippen LogP contribution in [0.3, 0.4) is 0 Å². The van der Waals surface area contributed by atoms with Crippen LogP contribution in [0.4, 0.5) is 5.69 Å². The number of nitrogens with one attached hydrogen (secondary N) is 2. The van der Waals surface area contributed by atoms with Crippen molar-refractivity contribution in [1.29, 1.82) is 0 Å². The molecule has 0 spiro atoms. The van der Waals surface area contributed by atoms with Crippen LogP contribution in [0.1, 0.15) is 15.9 Å². The van der Waals surface area contributed by atoms with E-state index in [1.807, 2.05) is 24.3 Å². The van der Waals surface area contributed by atoms with Crippen LogP contribution in [0.15, 0.2) is 77.7 Å². The summed E-state index contributed by atoms with van der Waals surface area (Å²) >= 11 is 0. The SMILES string of the molecule is COc1ccc(CNC(=O)c2ccc(S(=O)(=O)Nc3ccccc3OC)cc2)cc1. The van der Waals surface area contributed by atoms with E-state index in [9.17, 15) is 13.2 Å². The number of rotatable bonds is 8. The van der Waals surface area contributed by atoms with Crippen molar-refractivity contribution in [2.45, 2.75) is 11.4 Å². The van der Waals surface area contributed by atoms with Crippen molar-refractivity contribution < 1.29 is 22.7 Å². The summed E-state index contributed by atoms with van der Waals surface area (Å²) in [5.74, 6) is 0.853. The van der Waals surface area contributed by atoms with E-state index < -0.39 is 10.0 Å². The first kappa shape index (κ1) is 21.2. The summed E-state index contributed by atoms with van der Waals surface area (Å²) in [6, 6.07) is 19.8. The minimum Gasteiger partial charge on any atom is -0.497 e. The number of hydrogen-bond acceptors (Lipinski definition) is 5. The summed E-state index contributed by atoms with van der Waals surface area (Å²) in [6.07, 6.45) is 0. The zero-order valence-corrected chi connectivity index (χ0v) is 17.4. The Balaban J connectivity index is 1.66. The van der Waals surface area contributed by atoms with Crippen molar-refractivity contribution in [2.24, 2.45) is 0 Å². The van der Waals surface area contributed by atoms with Gasteiger partial charge in [-0.2, -0.15) is 0 Å². The third kappa shape index (κ3) is 5.09. The maximum absolute atomic E-state index is 12.6. The average molecular weight is 426 g/mol. The molecule has 0 radical (unpaired) electrons. The first-order valence-corrected chi connectivity index (χ1v) is 10.6. The highest BCUT2D eigenvalue weighted by atomic mass is 32.2. The molecule has 0 aliphatic rings. The van der Waals surface area contributed by atoms with Gasteiger partial charge in [-0.15, -0.1) is 0 Å². The minimum atomic E-state index is -3.82. The van der Waals surface area contributed by atoms with Crippen LogP contribution in [0.5, 0.6) is 11.5 Å². The van der Waals surface area contributed by atoms with Crippen LogP contribution < -0.4 is 19.5 Å². The van der Waals surface area contributed by atoms with Crippen molar-refractivity contribution >= 4 is 21.6 Å². The molecule has 0 heterocycles. The van der Waals surface area contributed by atoms with E-state index in [-0.39, 0.29) is 10.8 Å². The maximum Gasteiger partial charge on any atom is 0.262 e. The van der Waals surface area contributed by atoms with Gasteiger partial charge in [0.15, 0.2) is 0 Å². The van der Waals surface area contributed by atoms with Crippen molar-refractivity contribution in [2.75, 3.05) is 18.9 Å². The Morgan fingerprint density at radius 1 is 0.867 bits per heavy atom. The van der Waals surface area contributed by atoms with Crippen LogP contribution in [0, 0.1) is 0 Å². The Morgan fingerprint density at radius 3 is 2.17 bits per heavy atom. The van der Waals surface area contributed by atoms with Crippen molar-refractivity contribution in [3.63, 3.8) is 0 Å². The molecule has 3 aromatic carbocycles. The van der Waals surface area contributed by atoms with Gasteiger partial charge < -0.3 is 14.8 Å². The molecule has 8 heteroatoms. The standard InChI is InChI=1S/C22H22N2O5S/c1-28-18-11-7-16(8-12-18)15-23-22(25)17-9-13-19(14-10-17)30(26,27)24-20-5-3-4-6-21(20)29-2/h3-14,24H,15H2,1-2H3,(H,23,25). The number of benzene rings is 3. The molecule has 0 atom stereocenters. The van der Waals surface area contributed by atoms with Gasteiger partial charge in [0.1, 0.15) is 11.5 Å². The molecule has 1 amide bonds. The number of methoxy groups -OCH3 is 2. The normalized spacial score (nSPS) is 10.9. The van der Waals surface area contributed by atoms with Crippen LogP contribution in [-0.2, 0) is 16.6 Å². The molecule has 0 aliphatic carbocycles. The number of carbonyl (C=O) groups is 1. The van der Waals surface area contributed by atoms with Crippen molar-refractivity contribution in [3.05, 3.63) is 83.9 Å². The fourth-order valence-corrected chi connectivity index (χ4v) is 3.82. The number of sulfonamides is 1. The predicted molar refractivity (Wildman–Crippen MR) is 114 cm³/mol. The van der Waals surface area contributed by atoms with E-state index in [4.69, 9.17) is 9.47 Å². The molecule has 0 unspecified atom stereocenters. The Hall–Kier alpha value is -3.52. The number of carbonyl (C=O) groups excluding carboxylic acids is 1. The quantitative estimate of drug-likeness (QED) is 0.576. The lowest BCUT2D eigenvalue weighted by atomic mass is 10.2. The molecule has 3 rings (SSSR count). The predicted octanol–water partition coefficient (Wildman–Crippen LogP) is 3.43. The number of para-hydroxylation sites is 2. The second-order valence-electron chi connectivity index (χ2n) is 6.36. The smallest absolute Gasteiger partial charge is 0.262 e. The highest BCUT2D eigenvalue weighted by molar-refractivity contribution is 7.92. The van der Waals surface area contributed by atoms with E-state index in [0.717, 1.165) is 11.3 Å². The molecule has 0 saturated heterocycles. The molecule has 7 nitrogen and oxygen atoms in total. The van der Waals surface area contributed by atoms with Crippen LogP contribution in [0.2, 0.25) is 0 Å². The summed E-state index contributed by atoms with van der Waals surface area (Å²) in [5.41, 5.74) is 1.62. The van der Waals surface area contributed by atoms with Crippen LogP contribution in [-0.4, -0.2) is 28.5 Å². The Bertz CT molecular complexity index is 1110. The summed E-state index contributed by atoms with van der Waals surface area (Å²) in [7, 11) is -0.769. The summed E-state index contributed by atoms with van der Waals surface area (Å²) in [6.45, 7) is 0.345. The second kappa shape index (κ2) is 9.32. The molecule has 3 aromatic rings. The first-order chi connectivity index (χ1) is 14.4. The summed E-state index contributed by atoms with van der Waals surface area (Å²) in [4.78, 5) is 12.4. The zero-order chi connectivity index (χ0) is 21.6. The van der Waals surface area contributed by atoms with E-state index in [1.54, 1.807) is 31.4 Å². The van der Waals surface area contributed by atoms with E-state index in [2.05, 4.69) is 10.0 Å². The van der Waals surface area contributed by atoms with Gasteiger partial charge in [-0.3, -0.25) is 9.52 Å². The molecule has 0 bridgehead atoms.